The first-order valence-electron chi connectivity index (χ1n) is 18.1. The quantitative estimate of drug-likeness (QED) is 0.124. The fourth-order valence-electron chi connectivity index (χ4n) is 6.32. The number of rotatable bonds is 22. The van der Waals surface area contributed by atoms with Crippen LogP contribution in [0.25, 0.3) is 0 Å². The van der Waals surface area contributed by atoms with E-state index in [1.807, 2.05) is 12.1 Å². The average molecular weight is 609 g/mol. The van der Waals surface area contributed by atoms with Crippen LogP contribution in [0.15, 0.2) is 48.5 Å². The van der Waals surface area contributed by atoms with Crippen LogP contribution in [0.1, 0.15) is 153 Å². The fraction of sp³-hybridized carbons (Fsp3) is 0.692. The molecule has 4 rings (SSSR count). The van der Waals surface area contributed by atoms with Gasteiger partial charge in [-0.05, 0) is 55.5 Å². The first kappa shape index (κ1) is 34.8. The Hall–Kier alpha value is -2.08. The minimum absolute atomic E-state index is 0.0443. The molecule has 5 nitrogen and oxygen atoms in total. The largest absolute Gasteiger partial charge is 0.494 e. The van der Waals surface area contributed by atoms with E-state index in [1.54, 1.807) is 0 Å². The summed E-state index contributed by atoms with van der Waals surface area (Å²) >= 11 is 0. The second-order valence-corrected chi connectivity index (χ2v) is 12.9. The maximum absolute atomic E-state index is 6.47. The van der Waals surface area contributed by atoms with Crippen LogP contribution in [0.2, 0.25) is 0 Å². The zero-order valence-corrected chi connectivity index (χ0v) is 27.8. The number of ether oxygens (including phenoxy) is 5. The molecule has 0 bridgehead atoms. The van der Waals surface area contributed by atoms with Gasteiger partial charge in [0.1, 0.15) is 17.6 Å². The highest BCUT2D eigenvalue weighted by Gasteiger charge is 2.38. The lowest BCUT2D eigenvalue weighted by Crippen LogP contribution is -2.45. The zero-order valence-electron chi connectivity index (χ0n) is 27.8. The van der Waals surface area contributed by atoms with Crippen molar-refractivity contribution in [2.45, 2.75) is 154 Å². The van der Waals surface area contributed by atoms with Crippen LogP contribution in [0.5, 0.6) is 11.5 Å². The van der Waals surface area contributed by atoms with Crippen molar-refractivity contribution in [2.75, 3.05) is 19.8 Å². The Labute approximate surface area is 268 Å². The summed E-state index contributed by atoms with van der Waals surface area (Å²) < 4.78 is 30.9. The van der Waals surface area contributed by atoms with Gasteiger partial charge in [-0.3, -0.25) is 0 Å². The zero-order chi connectivity index (χ0) is 30.7. The monoisotopic (exact) mass is 608 g/mol. The van der Waals surface area contributed by atoms with E-state index in [-0.39, 0.29) is 24.6 Å². The van der Waals surface area contributed by atoms with Crippen molar-refractivity contribution in [1.29, 1.82) is 0 Å². The summed E-state index contributed by atoms with van der Waals surface area (Å²) in [5, 5.41) is 0. The molecule has 0 spiro atoms. The number of hydrogen-bond donors (Lipinski definition) is 0. The second kappa shape index (κ2) is 20.9. The van der Waals surface area contributed by atoms with Crippen LogP contribution in [0.3, 0.4) is 0 Å². The van der Waals surface area contributed by atoms with Crippen molar-refractivity contribution in [1.82, 2.24) is 0 Å². The summed E-state index contributed by atoms with van der Waals surface area (Å²) in [4.78, 5) is 0. The molecule has 0 N–H and O–H groups in total. The van der Waals surface area contributed by atoms with E-state index in [9.17, 15) is 0 Å². The van der Waals surface area contributed by atoms with Gasteiger partial charge >= 0.3 is 0 Å². The molecule has 2 aliphatic heterocycles. The first-order chi connectivity index (χ1) is 21.8. The van der Waals surface area contributed by atoms with Gasteiger partial charge in [-0.15, -0.1) is 0 Å². The topological polar surface area (TPSA) is 46.2 Å². The van der Waals surface area contributed by atoms with E-state index in [0.717, 1.165) is 56.0 Å². The number of hydrogen-bond acceptors (Lipinski definition) is 5. The average Bonchev–Trinajstić information content (AvgIpc) is 3.07. The van der Waals surface area contributed by atoms with Crippen LogP contribution in [0.4, 0.5) is 0 Å². The van der Waals surface area contributed by atoms with E-state index in [2.05, 4.69) is 50.2 Å². The molecular formula is C39H60O5. The fourth-order valence-corrected chi connectivity index (χ4v) is 6.32. The molecule has 2 aliphatic rings. The molecule has 2 fully saturated rings. The Kier molecular flexibility index (Phi) is 16.5. The van der Waals surface area contributed by atoms with Crippen LogP contribution in [0, 0.1) is 0 Å². The highest BCUT2D eigenvalue weighted by Crippen LogP contribution is 2.39. The summed E-state index contributed by atoms with van der Waals surface area (Å²) in [5.41, 5.74) is 2.24. The third-order valence-electron chi connectivity index (χ3n) is 9.11. The van der Waals surface area contributed by atoms with Gasteiger partial charge in [-0.1, -0.05) is 128 Å². The van der Waals surface area contributed by atoms with E-state index in [1.165, 1.54) is 95.5 Å². The minimum Gasteiger partial charge on any atom is -0.494 e. The molecule has 0 aliphatic carbocycles. The summed E-state index contributed by atoms with van der Waals surface area (Å²) in [7, 11) is 0. The minimum atomic E-state index is -0.351. The Balaban J connectivity index is 1.08. The number of benzene rings is 2. The Morgan fingerprint density at radius 3 is 1.52 bits per heavy atom. The highest BCUT2D eigenvalue weighted by atomic mass is 16.7. The van der Waals surface area contributed by atoms with Crippen molar-refractivity contribution in [3.8, 4) is 11.5 Å². The molecule has 2 saturated heterocycles. The standard InChI is InChI=1S/C39H60O5/c1-3-5-7-9-11-12-13-14-16-18-30-40-34-23-19-32(20-24-34)36-27-28-37-38(43-36)31-42-39(44-37)33-21-25-35(26-22-33)41-29-17-15-10-8-6-4-2/h19-26,36-39H,3-18,27-31H2,1-2H3/t36-,37+,38-,39-/m1/s1. The molecule has 0 saturated carbocycles. The molecule has 2 aromatic carbocycles. The van der Waals surface area contributed by atoms with Crippen molar-refractivity contribution in [3.63, 3.8) is 0 Å². The van der Waals surface area contributed by atoms with Gasteiger partial charge in [0.2, 0.25) is 0 Å². The lowest BCUT2D eigenvalue weighted by molar-refractivity contribution is -0.289. The van der Waals surface area contributed by atoms with Crippen LogP contribution < -0.4 is 9.47 Å². The number of fused-ring (bicyclic) bond motifs is 1. The predicted molar refractivity (Wildman–Crippen MR) is 180 cm³/mol. The van der Waals surface area contributed by atoms with Crippen LogP contribution >= 0.6 is 0 Å². The molecule has 0 unspecified atom stereocenters. The van der Waals surface area contributed by atoms with Gasteiger partial charge < -0.3 is 23.7 Å². The third kappa shape index (κ3) is 12.4. The van der Waals surface area contributed by atoms with Gasteiger partial charge in [0.05, 0.1) is 32.0 Å². The van der Waals surface area contributed by atoms with Crippen molar-refractivity contribution in [3.05, 3.63) is 59.7 Å². The van der Waals surface area contributed by atoms with E-state index in [0.29, 0.717) is 6.61 Å². The molecule has 2 aromatic rings. The molecule has 44 heavy (non-hydrogen) atoms. The summed E-state index contributed by atoms with van der Waals surface area (Å²) in [6.45, 7) is 6.65. The summed E-state index contributed by atoms with van der Waals surface area (Å²) in [6.07, 6.45) is 22.7. The first-order valence-corrected chi connectivity index (χ1v) is 18.1. The SMILES string of the molecule is CCCCCCCCCCCCOc1ccc([C@H]2CC[C@@H]3O[C@H](c4ccc(OCCCCCCCC)cc4)OC[C@H]3O2)cc1. The number of unbranched alkanes of at least 4 members (excludes halogenated alkanes) is 14. The van der Waals surface area contributed by atoms with E-state index >= 15 is 0 Å². The van der Waals surface area contributed by atoms with Crippen molar-refractivity contribution in [2.24, 2.45) is 0 Å². The van der Waals surface area contributed by atoms with Crippen molar-refractivity contribution < 1.29 is 23.7 Å². The predicted octanol–water partition coefficient (Wildman–Crippen LogP) is 11.1. The van der Waals surface area contributed by atoms with Gasteiger partial charge in [-0.25, -0.2) is 0 Å². The lowest BCUT2D eigenvalue weighted by Gasteiger charge is -2.42. The molecule has 0 aromatic heterocycles. The Morgan fingerprint density at radius 1 is 0.523 bits per heavy atom. The molecular weight excluding hydrogens is 548 g/mol. The third-order valence-corrected chi connectivity index (χ3v) is 9.11. The van der Waals surface area contributed by atoms with Gasteiger partial charge in [-0.2, -0.15) is 0 Å². The molecule has 5 heteroatoms. The van der Waals surface area contributed by atoms with E-state index in [4.69, 9.17) is 23.7 Å². The van der Waals surface area contributed by atoms with Crippen molar-refractivity contribution >= 4 is 0 Å². The molecule has 4 atom stereocenters. The molecule has 246 valence electrons. The molecule has 0 radical (unpaired) electrons. The van der Waals surface area contributed by atoms with Crippen LogP contribution in [-0.2, 0) is 14.2 Å². The Bertz CT molecular complexity index is 991. The summed E-state index contributed by atoms with van der Waals surface area (Å²) in [6, 6.07) is 16.7. The van der Waals surface area contributed by atoms with Gasteiger partial charge in [0.15, 0.2) is 6.29 Å². The lowest BCUT2D eigenvalue weighted by atomic mass is 9.95. The van der Waals surface area contributed by atoms with E-state index < -0.39 is 0 Å². The van der Waals surface area contributed by atoms with Crippen LogP contribution in [-0.4, -0.2) is 32.0 Å². The Morgan fingerprint density at radius 2 is 1.00 bits per heavy atom. The maximum Gasteiger partial charge on any atom is 0.184 e. The maximum atomic E-state index is 6.47. The smallest absolute Gasteiger partial charge is 0.184 e. The van der Waals surface area contributed by atoms with Gasteiger partial charge in [0, 0.05) is 5.56 Å². The molecule has 0 amide bonds. The highest BCUT2D eigenvalue weighted by molar-refractivity contribution is 5.29. The van der Waals surface area contributed by atoms with Gasteiger partial charge in [0.25, 0.3) is 0 Å². The molecule has 2 heterocycles. The normalized spacial score (nSPS) is 21.6. The summed E-state index contributed by atoms with van der Waals surface area (Å²) in [5.74, 6) is 1.86. The second-order valence-electron chi connectivity index (χ2n) is 12.9.